The summed E-state index contributed by atoms with van der Waals surface area (Å²) in [5.41, 5.74) is 4.90. The van der Waals surface area contributed by atoms with Crippen LogP contribution in [-0.4, -0.2) is 5.78 Å². The second-order valence-corrected chi connectivity index (χ2v) is 9.67. The molecule has 154 valence electrons. The van der Waals surface area contributed by atoms with Crippen LogP contribution in [0.4, 0.5) is 4.39 Å². The molecule has 0 aliphatic carbocycles. The van der Waals surface area contributed by atoms with Gasteiger partial charge in [-0.05, 0) is 81.4 Å². The topological polar surface area (TPSA) is 17.1 Å². The Kier molecular flexibility index (Phi) is 6.06. The van der Waals surface area contributed by atoms with E-state index < -0.39 is 0 Å². The van der Waals surface area contributed by atoms with E-state index in [1.54, 1.807) is 0 Å². The molecule has 1 atom stereocenters. The van der Waals surface area contributed by atoms with E-state index in [0.29, 0.717) is 11.1 Å². The molecule has 1 unspecified atom stereocenters. The Bertz CT molecular complexity index is 1190. The van der Waals surface area contributed by atoms with Crippen molar-refractivity contribution < 1.29 is 9.18 Å². The molecule has 0 saturated carbocycles. The minimum atomic E-state index is -0.345. The lowest BCUT2D eigenvalue weighted by molar-refractivity contribution is 0.103. The lowest BCUT2D eigenvalue weighted by Gasteiger charge is -2.14. The molecule has 0 spiro atoms. The van der Waals surface area contributed by atoms with Crippen LogP contribution in [0.3, 0.4) is 0 Å². The van der Waals surface area contributed by atoms with E-state index in [0.717, 1.165) is 4.90 Å². The van der Waals surface area contributed by atoms with Gasteiger partial charge < -0.3 is 0 Å². The number of ketones is 1. The monoisotopic (exact) mass is 427 g/mol. The van der Waals surface area contributed by atoms with Crippen LogP contribution in [0.25, 0.3) is 0 Å². The molecule has 0 radical (unpaired) electrons. The Hall–Kier alpha value is -3.17. The molecule has 0 heterocycles. The molecule has 31 heavy (non-hydrogen) atoms. The summed E-state index contributed by atoms with van der Waals surface area (Å²) < 4.78 is 13.2. The van der Waals surface area contributed by atoms with E-state index in [1.165, 1.54) is 50.7 Å². The standard InChI is InChI=1S/C28H24FOS/c1-19-17-20(2)28(21(3)18-19)31(25-7-5-4-6-8-25)26-15-11-23(12-16-26)27(30)22-9-13-24(29)14-10-22/h4-18H,1-3H3/q+1. The first-order valence-corrected chi connectivity index (χ1v) is 11.4. The molecule has 3 heteroatoms. The largest absolute Gasteiger partial charge is 0.289 e. The van der Waals surface area contributed by atoms with E-state index in [-0.39, 0.29) is 22.5 Å². The van der Waals surface area contributed by atoms with Crippen LogP contribution >= 0.6 is 0 Å². The number of carbonyl (C=O) groups excluding carboxylic acids is 1. The average Bonchev–Trinajstić information content (AvgIpc) is 2.77. The Balaban J connectivity index is 1.76. The summed E-state index contributed by atoms with van der Waals surface area (Å²) in [4.78, 5) is 16.5. The summed E-state index contributed by atoms with van der Waals surface area (Å²) in [6, 6.07) is 28.5. The molecule has 4 aromatic rings. The molecule has 0 aromatic heterocycles. The Morgan fingerprint density at radius 2 is 1.16 bits per heavy atom. The van der Waals surface area contributed by atoms with Gasteiger partial charge in [-0.2, -0.15) is 0 Å². The molecule has 0 N–H and O–H groups in total. The number of halogens is 1. The fraction of sp³-hybridized carbons (Fsp3) is 0.107. The zero-order chi connectivity index (χ0) is 22.0. The van der Waals surface area contributed by atoms with E-state index in [1.807, 2.05) is 30.3 Å². The highest BCUT2D eigenvalue weighted by Crippen LogP contribution is 2.36. The fourth-order valence-corrected chi connectivity index (χ4v) is 6.27. The highest BCUT2D eigenvalue weighted by Gasteiger charge is 2.32. The van der Waals surface area contributed by atoms with Crippen molar-refractivity contribution >= 4 is 16.7 Å². The van der Waals surface area contributed by atoms with E-state index in [4.69, 9.17) is 0 Å². The average molecular weight is 428 g/mol. The van der Waals surface area contributed by atoms with Gasteiger partial charge in [0.25, 0.3) is 0 Å². The maximum atomic E-state index is 13.2. The van der Waals surface area contributed by atoms with E-state index in [9.17, 15) is 9.18 Å². The number of aryl methyl sites for hydroxylation is 3. The summed E-state index contributed by atoms with van der Waals surface area (Å²) in [7, 11) is -0.276. The molecule has 0 fully saturated rings. The molecule has 0 aliphatic heterocycles. The summed E-state index contributed by atoms with van der Waals surface area (Å²) in [5, 5.41) is 0. The molecule has 4 aromatic carbocycles. The maximum Gasteiger partial charge on any atom is 0.193 e. The lowest BCUT2D eigenvalue weighted by atomic mass is 10.0. The van der Waals surface area contributed by atoms with Gasteiger partial charge in [-0.1, -0.05) is 35.9 Å². The predicted octanol–water partition coefficient (Wildman–Crippen LogP) is 7.08. The van der Waals surface area contributed by atoms with Gasteiger partial charge in [-0.3, -0.25) is 4.79 Å². The van der Waals surface area contributed by atoms with Crippen LogP contribution in [0.2, 0.25) is 0 Å². The summed E-state index contributed by atoms with van der Waals surface area (Å²) in [6.45, 7) is 6.47. The van der Waals surface area contributed by atoms with Gasteiger partial charge in [0.15, 0.2) is 20.5 Å². The fourth-order valence-electron chi connectivity index (χ4n) is 3.93. The van der Waals surface area contributed by atoms with Crippen LogP contribution in [0.1, 0.15) is 32.6 Å². The van der Waals surface area contributed by atoms with Crippen molar-refractivity contribution in [2.75, 3.05) is 0 Å². The van der Waals surface area contributed by atoms with E-state index >= 15 is 0 Å². The predicted molar refractivity (Wildman–Crippen MR) is 126 cm³/mol. The molecular weight excluding hydrogens is 403 g/mol. The number of rotatable bonds is 5. The minimum absolute atomic E-state index is 0.103. The highest BCUT2D eigenvalue weighted by molar-refractivity contribution is 7.97. The smallest absolute Gasteiger partial charge is 0.193 e. The van der Waals surface area contributed by atoms with Crippen molar-refractivity contribution in [2.45, 2.75) is 35.5 Å². The lowest BCUT2D eigenvalue weighted by Crippen LogP contribution is -2.10. The van der Waals surface area contributed by atoms with E-state index in [2.05, 4.69) is 57.2 Å². The Labute approximate surface area is 185 Å². The first-order chi connectivity index (χ1) is 14.9. The SMILES string of the molecule is Cc1cc(C)c([S+](c2ccccc2)c2ccc(C(=O)c3ccc(F)cc3)cc2)c(C)c1. The van der Waals surface area contributed by atoms with Crippen LogP contribution in [0, 0.1) is 26.6 Å². The van der Waals surface area contributed by atoms with Gasteiger partial charge in [0.2, 0.25) is 0 Å². The molecule has 0 saturated heterocycles. The minimum Gasteiger partial charge on any atom is -0.289 e. The first kappa shape index (κ1) is 21.1. The normalized spacial score (nSPS) is 11.9. The first-order valence-electron chi connectivity index (χ1n) is 10.2. The highest BCUT2D eigenvalue weighted by atomic mass is 32.2. The zero-order valence-corrected chi connectivity index (χ0v) is 18.7. The van der Waals surface area contributed by atoms with Crippen molar-refractivity contribution in [3.8, 4) is 0 Å². The summed E-state index contributed by atoms with van der Waals surface area (Å²) in [5.74, 6) is -0.448. The number of carbonyl (C=O) groups is 1. The van der Waals surface area contributed by atoms with Gasteiger partial charge in [-0.25, -0.2) is 4.39 Å². The van der Waals surface area contributed by atoms with Gasteiger partial charge >= 0.3 is 0 Å². The molecule has 1 nitrogen and oxygen atoms in total. The van der Waals surface area contributed by atoms with Crippen LogP contribution < -0.4 is 0 Å². The molecule has 4 rings (SSSR count). The van der Waals surface area contributed by atoms with Crippen molar-refractivity contribution in [3.05, 3.63) is 125 Å². The Morgan fingerprint density at radius 1 is 0.677 bits per heavy atom. The number of hydrogen-bond acceptors (Lipinski definition) is 1. The van der Waals surface area contributed by atoms with Crippen LogP contribution in [0.15, 0.2) is 106 Å². The van der Waals surface area contributed by atoms with Crippen molar-refractivity contribution in [3.63, 3.8) is 0 Å². The van der Waals surface area contributed by atoms with Crippen LogP contribution in [0.5, 0.6) is 0 Å². The third-order valence-corrected chi connectivity index (χ3v) is 7.79. The third-order valence-electron chi connectivity index (χ3n) is 5.25. The van der Waals surface area contributed by atoms with Gasteiger partial charge in [0.05, 0.1) is 10.9 Å². The number of benzene rings is 4. The molecular formula is C28H24FOS+. The second kappa shape index (κ2) is 8.91. The molecule has 0 amide bonds. The zero-order valence-electron chi connectivity index (χ0n) is 17.9. The molecule has 0 aliphatic rings. The van der Waals surface area contributed by atoms with Crippen molar-refractivity contribution in [1.82, 2.24) is 0 Å². The summed E-state index contributed by atoms with van der Waals surface area (Å²) in [6.07, 6.45) is 0. The Morgan fingerprint density at radius 3 is 1.71 bits per heavy atom. The quantitative estimate of drug-likeness (QED) is 0.246. The van der Waals surface area contributed by atoms with Crippen molar-refractivity contribution in [2.24, 2.45) is 0 Å². The maximum absolute atomic E-state index is 13.2. The van der Waals surface area contributed by atoms with Crippen LogP contribution in [-0.2, 0) is 10.9 Å². The molecule has 0 bridgehead atoms. The van der Waals surface area contributed by atoms with Gasteiger partial charge in [0.1, 0.15) is 5.82 Å². The van der Waals surface area contributed by atoms with Gasteiger partial charge in [0, 0.05) is 22.3 Å². The van der Waals surface area contributed by atoms with Crippen molar-refractivity contribution in [1.29, 1.82) is 0 Å². The van der Waals surface area contributed by atoms with Gasteiger partial charge in [-0.15, -0.1) is 0 Å². The summed E-state index contributed by atoms with van der Waals surface area (Å²) >= 11 is 0. The second-order valence-electron chi connectivity index (χ2n) is 7.71. The third kappa shape index (κ3) is 4.47. The number of hydrogen-bond donors (Lipinski definition) is 0.